The Bertz CT molecular complexity index is 560. The first kappa shape index (κ1) is 16.9. The highest BCUT2D eigenvalue weighted by atomic mass is 19.4. The van der Waals surface area contributed by atoms with Crippen LogP contribution in [0.25, 0.3) is 6.08 Å². The summed E-state index contributed by atoms with van der Waals surface area (Å²) in [6.45, 7) is 1.41. The first-order chi connectivity index (χ1) is 9.70. The number of aliphatic carboxylic acids is 1. The van der Waals surface area contributed by atoms with Crippen LogP contribution in [-0.4, -0.2) is 16.9 Å². The molecule has 0 aliphatic rings. The van der Waals surface area contributed by atoms with Gasteiger partial charge in [0.2, 0.25) is 0 Å². The van der Waals surface area contributed by atoms with E-state index in [0.29, 0.717) is 17.5 Å². The van der Waals surface area contributed by atoms with Crippen LogP contribution in [0, 0.1) is 0 Å². The molecule has 0 aliphatic heterocycles. The van der Waals surface area contributed by atoms with Gasteiger partial charge in [-0.3, -0.25) is 0 Å². The van der Waals surface area contributed by atoms with Crippen LogP contribution < -0.4 is 0 Å². The number of carboxylic acids is 1. The van der Waals surface area contributed by atoms with Gasteiger partial charge in [0, 0.05) is 12.5 Å². The van der Waals surface area contributed by atoms with Gasteiger partial charge in [-0.2, -0.15) is 13.2 Å². The van der Waals surface area contributed by atoms with Crippen LogP contribution in [0.2, 0.25) is 0 Å². The van der Waals surface area contributed by atoms with Crippen molar-refractivity contribution in [3.63, 3.8) is 0 Å². The van der Waals surface area contributed by atoms with Crippen molar-refractivity contribution in [2.24, 2.45) is 0 Å². The lowest BCUT2D eigenvalue weighted by Gasteiger charge is -2.11. The van der Waals surface area contributed by atoms with E-state index in [0.717, 1.165) is 18.2 Å². The number of rotatable bonds is 6. The molecular weight excluding hydrogens is 285 g/mol. The number of aryl methyl sites for hydroxylation is 1. The quantitative estimate of drug-likeness (QED) is 0.815. The first-order valence-corrected chi connectivity index (χ1v) is 6.30. The molecule has 1 aromatic carbocycles. The second kappa shape index (κ2) is 7.06. The Morgan fingerprint density at radius 3 is 2.48 bits per heavy atom. The number of benzene rings is 1. The highest BCUT2D eigenvalue weighted by Gasteiger charge is 2.30. The van der Waals surface area contributed by atoms with Crippen LogP contribution in [0.4, 0.5) is 13.2 Å². The third kappa shape index (κ3) is 5.81. The van der Waals surface area contributed by atoms with Crippen molar-refractivity contribution in [2.45, 2.75) is 32.4 Å². The zero-order chi connectivity index (χ0) is 16.0. The van der Waals surface area contributed by atoms with Gasteiger partial charge in [-0.1, -0.05) is 6.07 Å². The Morgan fingerprint density at radius 1 is 1.29 bits per heavy atom. The normalized spacial score (nSPS) is 11.8. The van der Waals surface area contributed by atoms with Gasteiger partial charge < -0.3 is 9.90 Å². The Labute approximate surface area is 120 Å². The summed E-state index contributed by atoms with van der Waals surface area (Å²) in [5.41, 5.74) is 0.00493. The number of alkyl halides is 3. The number of hydrogen-bond donors (Lipinski definition) is 1. The summed E-state index contributed by atoms with van der Waals surface area (Å²) in [6.07, 6.45) is -1.35. The van der Waals surface area contributed by atoms with Gasteiger partial charge >= 0.3 is 12.1 Å². The zero-order valence-electron chi connectivity index (χ0n) is 11.4. The molecule has 0 aliphatic carbocycles. The lowest BCUT2D eigenvalue weighted by molar-refractivity contribution is -0.137. The first-order valence-electron chi connectivity index (χ1n) is 6.30. The third-order valence-corrected chi connectivity index (χ3v) is 2.85. The van der Waals surface area contributed by atoms with Crippen molar-refractivity contribution >= 4 is 17.8 Å². The Balaban J connectivity index is 3.06. The minimum Gasteiger partial charge on any atom is -0.478 e. The highest BCUT2D eigenvalue weighted by Crippen LogP contribution is 2.31. The van der Waals surface area contributed by atoms with Gasteiger partial charge in [-0.25, -0.2) is 4.79 Å². The maximum atomic E-state index is 12.7. The van der Waals surface area contributed by atoms with Crippen molar-refractivity contribution in [3.8, 4) is 0 Å². The predicted molar refractivity (Wildman–Crippen MR) is 71.7 cm³/mol. The van der Waals surface area contributed by atoms with Crippen molar-refractivity contribution in [1.82, 2.24) is 0 Å². The number of carbonyl (C=O) groups excluding carboxylic acids is 1. The molecule has 0 radical (unpaired) electrons. The summed E-state index contributed by atoms with van der Waals surface area (Å²) in [5.74, 6) is -1.21. The second-order valence-corrected chi connectivity index (χ2v) is 4.64. The largest absolute Gasteiger partial charge is 0.478 e. The summed E-state index contributed by atoms with van der Waals surface area (Å²) >= 11 is 0. The van der Waals surface area contributed by atoms with E-state index in [4.69, 9.17) is 5.11 Å². The third-order valence-electron chi connectivity index (χ3n) is 2.85. The van der Waals surface area contributed by atoms with Gasteiger partial charge in [0.05, 0.1) is 5.56 Å². The van der Waals surface area contributed by atoms with E-state index >= 15 is 0 Å². The van der Waals surface area contributed by atoms with E-state index < -0.39 is 17.7 Å². The smallest absolute Gasteiger partial charge is 0.416 e. The topological polar surface area (TPSA) is 54.4 Å². The second-order valence-electron chi connectivity index (χ2n) is 4.64. The lowest BCUT2D eigenvalue weighted by Crippen LogP contribution is -2.06. The molecule has 0 atom stereocenters. The van der Waals surface area contributed by atoms with Crippen molar-refractivity contribution in [1.29, 1.82) is 0 Å². The Morgan fingerprint density at radius 2 is 1.95 bits per heavy atom. The maximum absolute atomic E-state index is 12.7. The van der Waals surface area contributed by atoms with Crippen LogP contribution in [0.1, 0.15) is 36.5 Å². The molecule has 0 fully saturated rings. The molecule has 1 N–H and O–H groups in total. The summed E-state index contributed by atoms with van der Waals surface area (Å²) in [6, 6.07) is 3.16. The monoisotopic (exact) mass is 300 g/mol. The van der Waals surface area contributed by atoms with E-state index in [1.165, 1.54) is 19.1 Å². The van der Waals surface area contributed by atoms with E-state index in [1.54, 1.807) is 0 Å². The molecule has 0 bridgehead atoms. The maximum Gasteiger partial charge on any atom is 0.416 e. The fraction of sp³-hybridized carbons (Fsp3) is 0.333. The fourth-order valence-corrected chi connectivity index (χ4v) is 1.85. The van der Waals surface area contributed by atoms with Crippen LogP contribution >= 0.6 is 0 Å². The average molecular weight is 300 g/mol. The molecule has 1 rings (SSSR count). The van der Waals surface area contributed by atoms with Crippen LogP contribution in [-0.2, 0) is 22.2 Å². The van der Waals surface area contributed by atoms with Gasteiger partial charge in [0.1, 0.15) is 5.78 Å². The number of ketones is 1. The zero-order valence-corrected chi connectivity index (χ0v) is 11.4. The van der Waals surface area contributed by atoms with Gasteiger partial charge in [0.15, 0.2) is 0 Å². The predicted octanol–water partition coefficient (Wildman–Crippen LogP) is 3.71. The van der Waals surface area contributed by atoms with E-state index in [1.807, 2.05) is 0 Å². The minimum absolute atomic E-state index is 0.0374. The number of halogens is 3. The van der Waals surface area contributed by atoms with E-state index in [9.17, 15) is 22.8 Å². The standard InChI is InChI=1S/C15H15F3O3/c1-10(19)3-2-4-12-9-13(15(16,17)18)7-5-11(12)6-8-14(20)21/h5-9H,2-4H2,1H3,(H,20,21). The Hall–Kier alpha value is -2.11. The van der Waals surface area contributed by atoms with E-state index in [-0.39, 0.29) is 18.6 Å². The van der Waals surface area contributed by atoms with Gasteiger partial charge in [0.25, 0.3) is 0 Å². The SMILES string of the molecule is CC(=O)CCCc1cc(C(F)(F)F)ccc1C=CC(=O)O. The fourth-order valence-electron chi connectivity index (χ4n) is 1.85. The summed E-state index contributed by atoms with van der Waals surface area (Å²) in [5, 5.41) is 8.59. The van der Waals surface area contributed by atoms with E-state index in [2.05, 4.69) is 0 Å². The molecule has 1 aromatic rings. The molecule has 0 amide bonds. The number of carboxylic acid groups (broad SMARTS) is 1. The summed E-state index contributed by atoms with van der Waals surface area (Å²) in [4.78, 5) is 21.4. The van der Waals surface area contributed by atoms with Crippen molar-refractivity contribution in [2.75, 3.05) is 0 Å². The molecule has 0 spiro atoms. The summed E-state index contributed by atoms with van der Waals surface area (Å²) in [7, 11) is 0. The average Bonchev–Trinajstić information content (AvgIpc) is 2.35. The molecule has 21 heavy (non-hydrogen) atoms. The van der Waals surface area contributed by atoms with Crippen LogP contribution in [0.15, 0.2) is 24.3 Å². The van der Waals surface area contributed by atoms with Gasteiger partial charge in [-0.05, 0) is 49.1 Å². The molecule has 0 aromatic heterocycles. The molecular formula is C15H15F3O3. The number of carbonyl (C=O) groups is 2. The van der Waals surface area contributed by atoms with Crippen LogP contribution in [0.3, 0.4) is 0 Å². The van der Waals surface area contributed by atoms with Crippen molar-refractivity contribution in [3.05, 3.63) is 41.0 Å². The molecule has 3 nitrogen and oxygen atoms in total. The molecule has 0 saturated carbocycles. The van der Waals surface area contributed by atoms with Gasteiger partial charge in [-0.15, -0.1) is 0 Å². The molecule has 0 unspecified atom stereocenters. The number of Topliss-reactive ketones (excluding diaryl/α,β-unsaturated/α-hetero) is 1. The molecule has 0 saturated heterocycles. The minimum atomic E-state index is -4.45. The lowest BCUT2D eigenvalue weighted by atomic mass is 9.98. The number of hydrogen-bond acceptors (Lipinski definition) is 2. The Kier molecular flexibility index (Phi) is 5.69. The van der Waals surface area contributed by atoms with Crippen molar-refractivity contribution < 1.29 is 27.9 Å². The molecule has 114 valence electrons. The van der Waals surface area contributed by atoms with Crippen LogP contribution in [0.5, 0.6) is 0 Å². The molecule has 0 heterocycles. The molecule has 6 heteroatoms. The highest BCUT2D eigenvalue weighted by molar-refractivity contribution is 5.85. The summed E-state index contributed by atoms with van der Waals surface area (Å²) < 4.78 is 38.1.